The third kappa shape index (κ3) is 6.21. The molecule has 0 spiro atoms. The molecule has 1 amide bonds. The highest BCUT2D eigenvalue weighted by Crippen LogP contribution is 2.35. The Balaban J connectivity index is 1.40. The summed E-state index contributed by atoms with van der Waals surface area (Å²) in [5.74, 6) is 0.0641. The van der Waals surface area contributed by atoms with Crippen LogP contribution in [0.2, 0.25) is 5.02 Å². The maximum Gasteiger partial charge on any atom is 0.307 e. The molecule has 0 aliphatic heterocycles. The minimum atomic E-state index is -0.488. The fraction of sp³-hybridized carbons (Fsp3) is 0.0435. The summed E-state index contributed by atoms with van der Waals surface area (Å²) < 4.78 is 13.8. The zero-order valence-electron chi connectivity index (χ0n) is 17.4. The number of nitro groups is 1. The molecule has 0 unspecified atom stereocenters. The topological polar surface area (TPSA) is 107 Å². The van der Waals surface area contributed by atoms with Crippen molar-refractivity contribution in [1.82, 2.24) is 5.43 Å². The first kappa shape index (κ1) is 25.6. The Hall–Kier alpha value is -2.48. The normalized spacial score (nSPS) is 11.2. The molecule has 0 saturated heterocycles. The summed E-state index contributed by atoms with van der Waals surface area (Å²) in [4.78, 5) is 22.7. The number of benzene rings is 3. The minimum Gasteiger partial charge on any atom is -0.486 e. The SMILES string of the molecule is O=C(N/N=C\c1cc(Cl)c(OCc2ccc([N+](=O)[O-])cc2)c(Br)c1)c1cc2cc(Br)cc(I)c2o1. The van der Waals surface area contributed by atoms with Crippen molar-refractivity contribution in [2.45, 2.75) is 6.61 Å². The number of non-ortho nitro benzene ring substituents is 1. The molecule has 0 atom stereocenters. The van der Waals surface area contributed by atoms with Gasteiger partial charge in [0, 0.05) is 22.0 Å². The first-order valence-corrected chi connectivity index (χ1v) is 12.8. The van der Waals surface area contributed by atoms with Crippen LogP contribution in [0.3, 0.4) is 0 Å². The minimum absolute atomic E-state index is 0.00634. The Morgan fingerprint density at radius 2 is 1.94 bits per heavy atom. The van der Waals surface area contributed by atoms with Crippen LogP contribution in [-0.4, -0.2) is 17.0 Å². The number of carbonyl (C=O) groups is 1. The van der Waals surface area contributed by atoms with Crippen LogP contribution in [0.1, 0.15) is 21.7 Å². The van der Waals surface area contributed by atoms with E-state index in [9.17, 15) is 14.9 Å². The second-order valence-electron chi connectivity index (χ2n) is 7.14. The molecule has 0 saturated carbocycles. The van der Waals surface area contributed by atoms with Gasteiger partial charge in [-0.1, -0.05) is 27.5 Å². The standard InChI is InChI=1S/C23H13Br2ClIN3O5/c24-15-7-14-8-20(35-21(14)19(27)9-15)23(31)29-28-10-13-5-17(25)22(18(26)6-13)34-11-12-1-3-16(4-2-12)30(32)33/h1-10H,11H2,(H,29,31)/b28-10-. The monoisotopic (exact) mass is 731 g/mol. The van der Waals surface area contributed by atoms with E-state index in [2.05, 4.69) is 65.0 Å². The molecule has 0 aliphatic carbocycles. The number of hydrazone groups is 1. The smallest absolute Gasteiger partial charge is 0.307 e. The highest BCUT2D eigenvalue weighted by Gasteiger charge is 2.15. The Kier molecular flexibility index (Phi) is 8.09. The number of ether oxygens (including phenoxy) is 1. The molecule has 8 nitrogen and oxygen atoms in total. The van der Waals surface area contributed by atoms with Crippen LogP contribution in [0.25, 0.3) is 11.0 Å². The molecule has 35 heavy (non-hydrogen) atoms. The molecule has 12 heteroatoms. The number of halogens is 4. The van der Waals surface area contributed by atoms with Gasteiger partial charge in [-0.05, 0) is 92.1 Å². The van der Waals surface area contributed by atoms with Crippen molar-refractivity contribution in [2.75, 3.05) is 0 Å². The maximum atomic E-state index is 12.4. The van der Waals surface area contributed by atoms with Crippen LogP contribution >= 0.6 is 66.1 Å². The third-order valence-corrected chi connectivity index (χ3v) is 6.82. The van der Waals surface area contributed by atoms with Crippen molar-refractivity contribution in [3.05, 3.63) is 99.1 Å². The van der Waals surface area contributed by atoms with Crippen LogP contribution in [0.15, 0.2) is 73.1 Å². The predicted molar refractivity (Wildman–Crippen MR) is 148 cm³/mol. The molecular formula is C23H13Br2ClIN3O5. The maximum absolute atomic E-state index is 12.4. The van der Waals surface area contributed by atoms with Crippen LogP contribution < -0.4 is 10.2 Å². The summed E-state index contributed by atoms with van der Waals surface area (Å²) in [5, 5.41) is 15.9. The highest BCUT2D eigenvalue weighted by atomic mass is 127. The summed E-state index contributed by atoms with van der Waals surface area (Å²) in [6, 6.07) is 14.8. The number of amides is 1. The molecule has 1 heterocycles. The van der Waals surface area contributed by atoms with Crippen LogP contribution in [0.4, 0.5) is 5.69 Å². The summed E-state index contributed by atoms with van der Waals surface area (Å²) in [5.41, 5.74) is 4.44. The average molecular weight is 734 g/mol. The zero-order valence-corrected chi connectivity index (χ0v) is 23.5. The molecule has 0 fully saturated rings. The van der Waals surface area contributed by atoms with E-state index in [0.717, 1.165) is 19.0 Å². The molecule has 1 aromatic heterocycles. The lowest BCUT2D eigenvalue weighted by atomic mass is 10.2. The van der Waals surface area contributed by atoms with Gasteiger partial charge in [-0.25, -0.2) is 5.43 Å². The lowest BCUT2D eigenvalue weighted by molar-refractivity contribution is -0.384. The number of rotatable bonds is 7. The van der Waals surface area contributed by atoms with E-state index in [1.165, 1.54) is 18.3 Å². The molecule has 0 aliphatic rings. The quantitative estimate of drug-likeness (QED) is 0.0919. The largest absolute Gasteiger partial charge is 0.486 e. The van der Waals surface area contributed by atoms with Gasteiger partial charge in [0.1, 0.15) is 12.2 Å². The molecular weight excluding hydrogens is 720 g/mol. The van der Waals surface area contributed by atoms with E-state index >= 15 is 0 Å². The van der Waals surface area contributed by atoms with Crippen molar-refractivity contribution in [1.29, 1.82) is 0 Å². The van der Waals surface area contributed by atoms with E-state index in [-0.39, 0.29) is 18.1 Å². The molecule has 4 aromatic rings. The fourth-order valence-electron chi connectivity index (χ4n) is 3.07. The molecule has 3 aromatic carbocycles. The van der Waals surface area contributed by atoms with Gasteiger partial charge in [0.15, 0.2) is 11.5 Å². The zero-order chi connectivity index (χ0) is 25.1. The van der Waals surface area contributed by atoms with Gasteiger partial charge in [-0.3, -0.25) is 14.9 Å². The van der Waals surface area contributed by atoms with E-state index in [1.807, 2.05) is 12.1 Å². The van der Waals surface area contributed by atoms with Crippen LogP contribution in [0.5, 0.6) is 5.75 Å². The van der Waals surface area contributed by atoms with Gasteiger partial charge in [-0.15, -0.1) is 0 Å². The Morgan fingerprint density at radius 3 is 2.63 bits per heavy atom. The van der Waals surface area contributed by atoms with Crippen molar-refractivity contribution >= 4 is 94.8 Å². The van der Waals surface area contributed by atoms with Crippen molar-refractivity contribution in [2.24, 2.45) is 5.10 Å². The van der Waals surface area contributed by atoms with E-state index in [4.69, 9.17) is 20.8 Å². The molecule has 1 N–H and O–H groups in total. The number of hydrogen-bond donors (Lipinski definition) is 1. The molecule has 178 valence electrons. The number of carbonyl (C=O) groups excluding carboxylic acids is 1. The number of nitro benzene ring substituents is 1. The summed E-state index contributed by atoms with van der Waals surface area (Å²) >= 11 is 15.4. The van der Waals surface area contributed by atoms with Gasteiger partial charge < -0.3 is 9.15 Å². The van der Waals surface area contributed by atoms with Gasteiger partial charge >= 0.3 is 5.91 Å². The van der Waals surface area contributed by atoms with E-state index in [0.29, 0.717) is 26.4 Å². The van der Waals surface area contributed by atoms with E-state index < -0.39 is 10.8 Å². The lowest BCUT2D eigenvalue weighted by Gasteiger charge is -2.11. The second kappa shape index (κ2) is 11.1. The number of nitrogens with zero attached hydrogens (tertiary/aromatic N) is 2. The fourth-order valence-corrected chi connectivity index (χ4v) is 5.72. The Morgan fingerprint density at radius 1 is 1.20 bits per heavy atom. The third-order valence-electron chi connectivity index (χ3n) is 4.69. The van der Waals surface area contributed by atoms with Gasteiger partial charge in [-0.2, -0.15) is 5.10 Å². The van der Waals surface area contributed by atoms with Gasteiger partial charge in [0.2, 0.25) is 0 Å². The average Bonchev–Trinajstić information content (AvgIpc) is 3.23. The van der Waals surface area contributed by atoms with Gasteiger partial charge in [0.25, 0.3) is 5.69 Å². The Labute approximate surface area is 234 Å². The van der Waals surface area contributed by atoms with Crippen LogP contribution in [-0.2, 0) is 6.61 Å². The predicted octanol–water partition coefficient (Wildman–Crippen LogP) is 7.47. The summed E-state index contributed by atoms with van der Waals surface area (Å²) in [6.07, 6.45) is 1.44. The number of furan rings is 1. The van der Waals surface area contributed by atoms with Crippen molar-refractivity contribution in [3.8, 4) is 5.75 Å². The lowest BCUT2D eigenvalue weighted by Crippen LogP contribution is -2.16. The van der Waals surface area contributed by atoms with E-state index in [1.54, 1.807) is 30.3 Å². The number of nitrogens with one attached hydrogen (secondary N) is 1. The Bertz CT molecular complexity index is 1450. The summed E-state index contributed by atoms with van der Waals surface area (Å²) in [7, 11) is 0. The number of fused-ring (bicyclic) bond motifs is 1. The molecule has 0 radical (unpaired) electrons. The number of hydrogen-bond acceptors (Lipinski definition) is 6. The first-order valence-electron chi connectivity index (χ1n) is 9.78. The second-order valence-corrected chi connectivity index (χ2v) is 10.5. The molecule has 0 bridgehead atoms. The molecule has 4 rings (SSSR count). The van der Waals surface area contributed by atoms with Crippen molar-refractivity contribution in [3.63, 3.8) is 0 Å². The van der Waals surface area contributed by atoms with Crippen molar-refractivity contribution < 1.29 is 18.9 Å². The highest BCUT2D eigenvalue weighted by molar-refractivity contribution is 14.1. The first-order chi connectivity index (χ1) is 16.7. The van der Waals surface area contributed by atoms with Crippen LogP contribution in [0, 0.1) is 13.7 Å². The summed E-state index contributed by atoms with van der Waals surface area (Å²) in [6.45, 7) is 0.173. The van der Waals surface area contributed by atoms with Gasteiger partial charge in [0.05, 0.1) is 24.2 Å².